The van der Waals surface area contributed by atoms with Gasteiger partial charge in [-0.15, -0.1) is 0 Å². The maximum Gasteiger partial charge on any atom is 0.261 e. The standard InChI is InChI=1S/C27H29N4O5S/c1-27(2,11-12-31-18-28-23-14-20(17-32)25(33)15-24(23)31)29-16-26(34)19-7-6-8-21(13-19)30-37(35,36)22-9-4-3-5-10-22/h3-10,13-15,18,26,29-30,33-34H,11-12,16H2,1-2H3/t26-/m0/s1. The van der Waals surface area contributed by atoms with E-state index in [1.54, 1.807) is 55.1 Å². The highest BCUT2D eigenvalue weighted by Gasteiger charge is 2.21. The second kappa shape index (κ2) is 10.7. The van der Waals surface area contributed by atoms with E-state index in [2.05, 4.69) is 15.0 Å². The summed E-state index contributed by atoms with van der Waals surface area (Å²) >= 11 is 0. The van der Waals surface area contributed by atoms with Crippen LogP contribution in [0.4, 0.5) is 5.69 Å². The van der Waals surface area contributed by atoms with Gasteiger partial charge in [0.25, 0.3) is 10.0 Å². The van der Waals surface area contributed by atoms with Crippen LogP contribution in [0.3, 0.4) is 0 Å². The van der Waals surface area contributed by atoms with E-state index in [-0.39, 0.29) is 28.3 Å². The largest absolute Gasteiger partial charge is 0.507 e. The predicted molar refractivity (Wildman–Crippen MR) is 142 cm³/mol. The second-order valence-corrected chi connectivity index (χ2v) is 11.2. The molecule has 0 aliphatic rings. The number of benzene rings is 3. The van der Waals surface area contributed by atoms with E-state index < -0.39 is 16.1 Å². The minimum Gasteiger partial charge on any atom is -0.507 e. The van der Waals surface area contributed by atoms with Crippen molar-refractivity contribution in [3.8, 4) is 5.75 Å². The van der Waals surface area contributed by atoms with E-state index in [0.29, 0.717) is 35.2 Å². The number of aromatic hydroxyl groups is 1. The summed E-state index contributed by atoms with van der Waals surface area (Å²) in [6.45, 7) is 4.87. The minimum absolute atomic E-state index is 0.0747. The monoisotopic (exact) mass is 521 g/mol. The maximum absolute atomic E-state index is 12.6. The number of aliphatic hydroxyl groups is 1. The number of rotatable bonds is 11. The van der Waals surface area contributed by atoms with Gasteiger partial charge in [-0.1, -0.05) is 30.3 Å². The van der Waals surface area contributed by atoms with Gasteiger partial charge in [0.15, 0.2) is 0 Å². The Labute approximate surface area is 215 Å². The lowest BCUT2D eigenvalue weighted by Gasteiger charge is -2.28. The van der Waals surface area contributed by atoms with Gasteiger partial charge in [-0.25, -0.2) is 13.4 Å². The number of nitrogens with zero attached hydrogens (tertiary/aromatic N) is 2. The Morgan fingerprint density at radius 3 is 2.57 bits per heavy atom. The molecule has 9 nitrogen and oxygen atoms in total. The topological polar surface area (TPSA) is 134 Å². The molecule has 4 rings (SSSR count). The highest BCUT2D eigenvalue weighted by atomic mass is 32.2. The first-order chi connectivity index (χ1) is 17.6. The average molecular weight is 522 g/mol. The highest BCUT2D eigenvalue weighted by Crippen LogP contribution is 2.25. The molecule has 193 valence electrons. The number of nitrogens with one attached hydrogen (secondary N) is 2. The number of carbonyl (C=O) groups excluding carboxylic acids is 1. The van der Waals surface area contributed by atoms with Gasteiger partial charge in [-0.05, 0) is 56.2 Å². The number of phenols is 1. The maximum atomic E-state index is 12.6. The zero-order chi connectivity index (χ0) is 26.6. The number of β-amino-alcohol motifs (C(OH)–C–C–N with tert-alkyl or cyclic N) is 1. The summed E-state index contributed by atoms with van der Waals surface area (Å²) in [6, 6.07) is 17.8. The molecular formula is C27H29N4O5S. The molecule has 0 bridgehead atoms. The highest BCUT2D eigenvalue weighted by molar-refractivity contribution is 7.92. The Morgan fingerprint density at radius 1 is 1.08 bits per heavy atom. The molecule has 0 aliphatic carbocycles. The molecule has 1 radical (unpaired) electrons. The summed E-state index contributed by atoms with van der Waals surface area (Å²) in [4.78, 5) is 15.4. The van der Waals surface area contributed by atoms with Gasteiger partial charge < -0.3 is 20.1 Å². The van der Waals surface area contributed by atoms with Gasteiger partial charge in [0, 0.05) is 30.4 Å². The third kappa shape index (κ3) is 6.34. The molecule has 0 amide bonds. The third-order valence-corrected chi connectivity index (χ3v) is 7.57. The van der Waals surface area contributed by atoms with Crippen LogP contribution in [0, 0.1) is 0 Å². The average Bonchev–Trinajstić information content (AvgIpc) is 3.27. The Kier molecular flexibility index (Phi) is 7.63. The second-order valence-electron chi connectivity index (χ2n) is 9.47. The number of hydrogen-bond donors (Lipinski definition) is 4. The van der Waals surface area contributed by atoms with Crippen molar-refractivity contribution < 1.29 is 23.4 Å². The van der Waals surface area contributed by atoms with E-state index in [9.17, 15) is 23.4 Å². The minimum atomic E-state index is -3.73. The molecule has 1 atom stereocenters. The van der Waals surface area contributed by atoms with Crippen molar-refractivity contribution in [3.05, 3.63) is 84.2 Å². The molecule has 0 spiro atoms. The van der Waals surface area contributed by atoms with E-state index in [1.807, 2.05) is 18.4 Å². The van der Waals surface area contributed by atoms with Gasteiger partial charge in [0.2, 0.25) is 6.29 Å². The molecule has 4 aromatic rings. The molecule has 10 heteroatoms. The molecule has 0 fully saturated rings. The van der Waals surface area contributed by atoms with Gasteiger partial charge >= 0.3 is 0 Å². The summed E-state index contributed by atoms with van der Waals surface area (Å²) < 4.78 is 29.7. The Morgan fingerprint density at radius 2 is 1.84 bits per heavy atom. The fourth-order valence-corrected chi connectivity index (χ4v) is 5.03. The van der Waals surface area contributed by atoms with Gasteiger partial charge in [0.05, 0.1) is 33.9 Å². The van der Waals surface area contributed by atoms with Crippen molar-refractivity contribution in [1.82, 2.24) is 14.9 Å². The summed E-state index contributed by atoms with van der Waals surface area (Å²) in [5.74, 6) is -0.141. The van der Waals surface area contributed by atoms with Crippen LogP contribution >= 0.6 is 0 Å². The summed E-state index contributed by atoms with van der Waals surface area (Å²) in [7, 11) is -3.73. The zero-order valence-electron chi connectivity index (χ0n) is 20.5. The number of anilines is 1. The number of aromatic nitrogens is 2. The first kappa shape index (κ1) is 26.3. The quantitative estimate of drug-likeness (QED) is 0.237. The fraction of sp³-hybridized carbons (Fsp3) is 0.259. The van der Waals surface area contributed by atoms with Crippen LogP contribution < -0.4 is 10.0 Å². The number of phenolic OH excluding ortho intramolecular Hbond substituents is 1. The van der Waals surface area contributed by atoms with Crippen LogP contribution in [-0.4, -0.2) is 46.6 Å². The van der Waals surface area contributed by atoms with Gasteiger partial charge in [0.1, 0.15) is 5.75 Å². The van der Waals surface area contributed by atoms with Crippen LogP contribution in [0.2, 0.25) is 0 Å². The van der Waals surface area contributed by atoms with E-state index in [0.717, 1.165) is 0 Å². The van der Waals surface area contributed by atoms with Crippen LogP contribution in [-0.2, 0) is 21.4 Å². The number of aliphatic hydroxyl groups excluding tert-OH is 1. The van der Waals surface area contributed by atoms with Crippen LogP contribution in [0.5, 0.6) is 5.75 Å². The Bertz CT molecular complexity index is 1500. The number of imidazole rings is 1. The van der Waals surface area contributed by atoms with Crippen molar-refractivity contribution in [2.24, 2.45) is 0 Å². The lowest BCUT2D eigenvalue weighted by molar-refractivity contribution is 0.158. The summed E-state index contributed by atoms with van der Waals surface area (Å²) in [5, 5.41) is 24.1. The molecule has 0 saturated heterocycles. The lowest BCUT2D eigenvalue weighted by atomic mass is 9.99. The number of aryl methyl sites for hydroxylation is 1. The van der Waals surface area contributed by atoms with Crippen molar-refractivity contribution in [2.45, 2.75) is 43.4 Å². The Hall–Kier alpha value is -3.73. The molecular weight excluding hydrogens is 492 g/mol. The molecule has 4 N–H and O–H groups in total. The molecule has 3 aromatic carbocycles. The SMILES string of the molecule is CC(C)(CCn1cnc2cc([C]=O)c(O)cc21)NC[C@H](O)c1cccc(NS(=O)(=O)c2ccccc2)c1. The molecule has 1 aromatic heterocycles. The van der Waals surface area contributed by atoms with Gasteiger partial charge in [-0.2, -0.15) is 0 Å². The zero-order valence-corrected chi connectivity index (χ0v) is 21.4. The predicted octanol–water partition coefficient (Wildman–Crippen LogP) is 3.49. The van der Waals surface area contributed by atoms with Gasteiger partial charge in [-0.3, -0.25) is 9.52 Å². The summed E-state index contributed by atoms with van der Waals surface area (Å²) in [5.41, 5.74) is 1.97. The fourth-order valence-electron chi connectivity index (χ4n) is 3.96. The van der Waals surface area contributed by atoms with E-state index in [4.69, 9.17) is 0 Å². The van der Waals surface area contributed by atoms with Crippen LogP contribution in [0.1, 0.15) is 37.5 Å². The van der Waals surface area contributed by atoms with Crippen LogP contribution in [0.15, 0.2) is 78.0 Å². The molecule has 0 aliphatic heterocycles. The summed E-state index contributed by atoms with van der Waals surface area (Å²) in [6.07, 6.45) is 3.19. The first-order valence-corrected chi connectivity index (χ1v) is 13.2. The molecule has 1 heterocycles. The van der Waals surface area contributed by atoms with Crippen LogP contribution in [0.25, 0.3) is 11.0 Å². The normalized spacial score (nSPS) is 12.9. The van der Waals surface area contributed by atoms with E-state index in [1.165, 1.54) is 24.3 Å². The molecule has 0 saturated carbocycles. The third-order valence-electron chi connectivity index (χ3n) is 6.18. The van der Waals surface area contributed by atoms with Crippen molar-refractivity contribution in [2.75, 3.05) is 11.3 Å². The smallest absolute Gasteiger partial charge is 0.261 e. The van der Waals surface area contributed by atoms with E-state index >= 15 is 0 Å². The van der Waals surface area contributed by atoms with Crippen molar-refractivity contribution >= 4 is 33.0 Å². The Balaban J connectivity index is 1.36. The van der Waals surface area contributed by atoms with Crippen molar-refractivity contribution in [3.63, 3.8) is 0 Å². The van der Waals surface area contributed by atoms with Crippen molar-refractivity contribution in [1.29, 1.82) is 0 Å². The number of hydrogen-bond acceptors (Lipinski definition) is 7. The number of fused-ring (bicyclic) bond motifs is 1. The molecule has 37 heavy (non-hydrogen) atoms. The molecule has 0 unspecified atom stereocenters. The number of sulfonamides is 1. The lowest BCUT2D eigenvalue weighted by Crippen LogP contribution is -2.42. The first-order valence-electron chi connectivity index (χ1n) is 11.7.